The minimum atomic E-state index is -1.65. The molecule has 1 unspecified atom stereocenters. The van der Waals surface area contributed by atoms with Crippen molar-refractivity contribution in [1.29, 1.82) is 0 Å². The van der Waals surface area contributed by atoms with E-state index in [1.165, 1.54) is 6.08 Å². The maximum Gasteiger partial charge on any atom is 0.267 e. The molecule has 1 atom stereocenters. The summed E-state index contributed by atoms with van der Waals surface area (Å²) >= 11 is 0. The van der Waals surface area contributed by atoms with Crippen LogP contribution in [0.1, 0.15) is 32.1 Å². The van der Waals surface area contributed by atoms with Gasteiger partial charge < -0.3 is 27.6 Å². The fraction of sp³-hybridized carbons (Fsp3) is 0.583. The van der Waals surface area contributed by atoms with Gasteiger partial charge >= 0.3 is 0 Å². The maximum atomic E-state index is 11.2. The molecular weight excluding hydrogens is 262 g/mol. The van der Waals surface area contributed by atoms with Crippen molar-refractivity contribution in [2.75, 3.05) is 6.54 Å². The highest BCUT2D eigenvalue weighted by Gasteiger charge is 2.11. The summed E-state index contributed by atoms with van der Waals surface area (Å²) in [6, 6.07) is 0. The van der Waals surface area contributed by atoms with Gasteiger partial charge in [0.15, 0.2) is 5.96 Å². The van der Waals surface area contributed by atoms with Crippen molar-refractivity contribution in [3.63, 3.8) is 0 Å². The number of primary amides is 1. The fourth-order valence-corrected chi connectivity index (χ4v) is 1.38. The molecule has 0 radical (unpaired) electrons. The summed E-state index contributed by atoms with van der Waals surface area (Å²) in [5, 5.41) is 11.0. The van der Waals surface area contributed by atoms with Crippen LogP contribution in [0.3, 0.4) is 0 Å². The summed E-state index contributed by atoms with van der Waals surface area (Å²) in [6.07, 6.45) is 5.92. The second-order valence-corrected chi connectivity index (χ2v) is 4.23. The first kappa shape index (κ1) is 17.9. The van der Waals surface area contributed by atoms with Crippen molar-refractivity contribution < 1.29 is 14.7 Å². The zero-order valence-electron chi connectivity index (χ0n) is 11.4. The van der Waals surface area contributed by atoms with Crippen LogP contribution in [0.2, 0.25) is 0 Å². The Morgan fingerprint density at radius 1 is 1.15 bits per heavy atom. The van der Waals surface area contributed by atoms with Crippen LogP contribution in [-0.2, 0) is 9.59 Å². The van der Waals surface area contributed by atoms with E-state index >= 15 is 0 Å². The van der Waals surface area contributed by atoms with Crippen molar-refractivity contribution in [1.82, 2.24) is 5.32 Å². The van der Waals surface area contributed by atoms with Crippen LogP contribution in [0.25, 0.3) is 0 Å². The SMILES string of the molecule is NC(=O)C(O)NC(=O)C=CCCCCCCN=C(N)N. The number of nitrogens with two attached hydrogens (primary N) is 3. The van der Waals surface area contributed by atoms with E-state index in [0.29, 0.717) is 6.54 Å². The van der Waals surface area contributed by atoms with Crippen LogP contribution >= 0.6 is 0 Å². The van der Waals surface area contributed by atoms with Gasteiger partial charge in [0, 0.05) is 6.54 Å². The quantitative estimate of drug-likeness (QED) is 0.111. The number of hydrogen-bond acceptors (Lipinski definition) is 4. The van der Waals surface area contributed by atoms with Gasteiger partial charge in [-0.1, -0.05) is 18.9 Å². The number of carbonyl (C=O) groups is 2. The summed E-state index contributed by atoms with van der Waals surface area (Å²) < 4.78 is 0. The van der Waals surface area contributed by atoms with E-state index in [1.807, 2.05) is 5.32 Å². The molecule has 8 heteroatoms. The second kappa shape index (κ2) is 10.8. The van der Waals surface area contributed by atoms with Crippen molar-refractivity contribution in [2.45, 2.75) is 38.3 Å². The summed E-state index contributed by atoms with van der Waals surface area (Å²) in [7, 11) is 0. The number of allylic oxidation sites excluding steroid dienone is 1. The summed E-state index contributed by atoms with van der Waals surface area (Å²) in [5.41, 5.74) is 15.2. The number of unbranched alkanes of at least 4 members (excludes halogenated alkanes) is 4. The Labute approximate surface area is 118 Å². The second-order valence-electron chi connectivity index (χ2n) is 4.23. The first-order chi connectivity index (χ1) is 9.43. The van der Waals surface area contributed by atoms with Crippen molar-refractivity contribution >= 4 is 17.8 Å². The van der Waals surface area contributed by atoms with Gasteiger partial charge in [-0.25, -0.2) is 0 Å². The van der Waals surface area contributed by atoms with Crippen molar-refractivity contribution in [3.05, 3.63) is 12.2 Å². The summed E-state index contributed by atoms with van der Waals surface area (Å²) in [4.78, 5) is 25.5. The molecule has 0 spiro atoms. The molecule has 0 saturated heterocycles. The van der Waals surface area contributed by atoms with Gasteiger partial charge in [0.05, 0.1) is 0 Å². The van der Waals surface area contributed by atoms with Gasteiger partial charge in [0.2, 0.25) is 12.1 Å². The Morgan fingerprint density at radius 2 is 1.80 bits per heavy atom. The molecule has 0 saturated carbocycles. The number of carbonyl (C=O) groups excluding carboxylic acids is 2. The molecular formula is C12H23N5O3. The first-order valence-corrected chi connectivity index (χ1v) is 6.43. The van der Waals surface area contributed by atoms with E-state index in [2.05, 4.69) is 4.99 Å². The lowest BCUT2D eigenvalue weighted by molar-refractivity contribution is -0.132. The van der Waals surface area contributed by atoms with Gasteiger partial charge in [0.25, 0.3) is 5.91 Å². The molecule has 114 valence electrons. The number of nitrogens with one attached hydrogen (secondary N) is 1. The third-order valence-corrected chi connectivity index (χ3v) is 2.39. The van der Waals surface area contributed by atoms with E-state index in [-0.39, 0.29) is 5.96 Å². The van der Waals surface area contributed by atoms with Crippen molar-refractivity contribution in [3.8, 4) is 0 Å². The van der Waals surface area contributed by atoms with Crippen LogP contribution < -0.4 is 22.5 Å². The minimum Gasteiger partial charge on any atom is -0.370 e. The highest BCUT2D eigenvalue weighted by atomic mass is 16.3. The van der Waals surface area contributed by atoms with E-state index < -0.39 is 18.0 Å². The third kappa shape index (κ3) is 11.0. The molecule has 8 nitrogen and oxygen atoms in total. The normalized spacial score (nSPS) is 12.1. The van der Waals surface area contributed by atoms with Crippen LogP contribution in [0.15, 0.2) is 17.1 Å². The molecule has 2 amide bonds. The van der Waals surface area contributed by atoms with Gasteiger partial charge in [0.1, 0.15) is 0 Å². The van der Waals surface area contributed by atoms with Crippen LogP contribution in [0.4, 0.5) is 0 Å². The number of aliphatic hydroxyl groups is 1. The molecule has 0 heterocycles. The smallest absolute Gasteiger partial charge is 0.267 e. The Bertz CT molecular complexity index is 364. The predicted molar refractivity (Wildman–Crippen MR) is 76.2 cm³/mol. The largest absolute Gasteiger partial charge is 0.370 e. The maximum absolute atomic E-state index is 11.2. The monoisotopic (exact) mass is 285 g/mol. The van der Waals surface area contributed by atoms with E-state index in [4.69, 9.17) is 22.3 Å². The number of rotatable bonds is 10. The third-order valence-electron chi connectivity index (χ3n) is 2.39. The number of amides is 2. The van der Waals surface area contributed by atoms with Crippen LogP contribution in [0, 0.1) is 0 Å². The summed E-state index contributed by atoms with van der Waals surface area (Å²) in [6.45, 7) is 0.631. The molecule has 20 heavy (non-hydrogen) atoms. The molecule has 0 aromatic carbocycles. The van der Waals surface area contributed by atoms with Crippen LogP contribution in [-0.4, -0.2) is 35.7 Å². The van der Waals surface area contributed by atoms with E-state index in [9.17, 15) is 9.59 Å². The summed E-state index contributed by atoms with van der Waals surface area (Å²) in [5.74, 6) is -1.44. The lowest BCUT2D eigenvalue weighted by Crippen LogP contribution is -2.43. The van der Waals surface area contributed by atoms with Crippen molar-refractivity contribution in [2.24, 2.45) is 22.2 Å². The van der Waals surface area contributed by atoms with Gasteiger partial charge in [-0.05, 0) is 25.3 Å². The van der Waals surface area contributed by atoms with E-state index in [1.54, 1.807) is 6.08 Å². The standard InChI is InChI=1S/C12H23N5O3/c13-10(19)11(20)17-9(18)7-5-3-1-2-4-6-8-16-12(14)15/h5,7,11,20H,1-4,6,8H2,(H2,13,19)(H,17,18)(H4,14,15,16). The average molecular weight is 285 g/mol. The van der Waals surface area contributed by atoms with E-state index in [0.717, 1.165) is 32.1 Å². The molecule has 0 aliphatic heterocycles. The molecule has 0 aliphatic rings. The molecule has 0 aromatic heterocycles. The molecule has 0 rings (SSSR count). The van der Waals surface area contributed by atoms with Gasteiger partial charge in [-0.3, -0.25) is 14.6 Å². The number of nitrogens with zero attached hydrogens (tertiary/aromatic N) is 1. The lowest BCUT2D eigenvalue weighted by atomic mass is 10.1. The molecule has 0 aliphatic carbocycles. The predicted octanol–water partition coefficient (Wildman–Crippen LogP) is -1.31. The Balaban J connectivity index is 3.55. The number of aliphatic hydroxyl groups excluding tert-OH is 1. The number of hydrogen-bond donors (Lipinski definition) is 5. The molecule has 0 aromatic rings. The van der Waals surface area contributed by atoms with Gasteiger partial charge in [-0.15, -0.1) is 0 Å². The number of guanidine groups is 1. The molecule has 0 fully saturated rings. The molecule has 0 bridgehead atoms. The first-order valence-electron chi connectivity index (χ1n) is 6.43. The highest BCUT2D eigenvalue weighted by Crippen LogP contribution is 2.03. The Morgan fingerprint density at radius 3 is 2.40 bits per heavy atom. The number of aliphatic imine (C=N–C) groups is 1. The fourth-order valence-electron chi connectivity index (χ4n) is 1.38. The topological polar surface area (TPSA) is 157 Å². The zero-order chi connectivity index (χ0) is 15.4. The Kier molecular flexibility index (Phi) is 9.67. The highest BCUT2D eigenvalue weighted by molar-refractivity contribution is 5.91. The zero-order valence-corrected chi connectivity index (χ0v) is 11.4. The molecule has 8 N–H and O–H groups in total. The van der Waals surface area contributed by atoms with Gasteiger partial charge in [-0.2, -0.15) is 0 Å². The van der Waals surface area contributed by atoms with Crippen LogP contribution in [0.5, 0.6) is 0 Å². The Hall–Kier alpha value is -2.09. The lowest BCUT2D eigenvalue weighted by Gasteiger charge is -2.05. The minimum absolute atomic E-state index is 0.108. The average Bonchev–Trinajstić information content (AvgIpc) is 2.36.